The number of phenols is 2. The molecule has 5 heteroatoms. The van der Waals surface area contributed by atoms with Crippen molar-refractivity contribution in [2.24, 2.45) is 0 Å². The fourth-order valence-corrected chi connectivity index (χ4v) is 2.25. The molecule has 0 spiro atoms. The lowest BCUT2D eigenvalue weighted by Crippen LogP contribution is -1.98. The monoisotopic (exact) mass is 302 g/mol. The molecule has 0 saturated carbocycles. The lowest BCUT2D eigenvalue weighted by Gasteiger charge is -2.01. The van der Waals surface area contributed by atoms with Gasteiger partial charge in [0.15, 0.2) is 17.3 Å². The van der Waals surface area contributed by atoms with Gasteiger partial charge in [-0.15, -0.1) is 0 Å². The molecule has 1 heterocycles. The molecule has 21 heavy (non-hydrogen) atoms. The van der Waals surface area contributed by atoms with Gasteiger partial charge in [-0.25, -0.2) is 0 Å². The fraction of sp³-hybridized carbons (Fsp3) is 0.0625. The molecule has 2 N–H and O–H groups in total. The Morgan fingerprint density at radius 2 is 1.90 bits per heavy atom. The van der Waals surface area contributed by atoms with Crippen molar-refractivity contribution in [3.05, 3.63) is 57.8 Å². The Morgan fingerprint density at radius 1 is 1.14 bits per heavy atom. The second-order valence-electron chi connectivity index (χ2n) is 4.79. The van der Waals surface area contributed by atoms with Gasteiger partial charge in [-0.3, -0.25) is 4.79 Å². The maximum Gasteiger partial charge on any atom is 0.232 e. The number of rotatable bonds is 1. The average Bonchev–Trinajstić information content (AvgIpc) is 2.72. The van der Waals surface area contributed by atoms with Crippen LogP contribution in [-0.4, -0.2) is 16.0 Å². The summed E-state index contributed by atoms with van der Waals surface area (Å²) in [6, 6.07) is 7.56. The molecule has 1 aliphatic heterocycles. The van der Waals surface area contributed by atoms with E-state index >= 15 is 0 Å². The molecule has 2 aromatic carbocycles. The highest BCUT2D eigenvalue weighted by atomic mass is 35.5. The van der Waals surface area contributed by atoms with Crippen LogP contribution >= 0.6 is 11.6 Å². The quantitative estimate of drug-likeness (QED) is 0.623. The summed E-state index contributed by atoms with van der Waals surface area (Å²) >= 11 is 6.02. The highest BCUT2D eigenvalue weighted by Crippen LogP contribution is 2.36. The number of halogens is 1. The molecule has 4 nitrogen and oxygen atoms in total. The maximum atomic E-state index is 12.3. The second kappa shape index (κ2) is 4.82. The van der Waals surface area contributed by atoms with Gasteiger partial charge in [0.2, 0.25) is 5.78 Å². The van der Waals surface area contributed by atoms with Crippen molar-refractivity contribution < 1.29 is 19.7 Å². The number of aryl methyl sites for hydroxylation is 1. The van der Waals surface area contributed by atoms with Gasteiger partial charge in [0.05, 0.1) is 5.56 Å². The summed E-state index contributed by atoms with van der Waals surface area (Å²) in [7, 11) is 0. The summed E-state index contributed by atoms with van der Waals surface area (Å²) < 4.78 is 5.54. The molecule has 0 fully saturated rings. The van der Waals surface area contributed by atoms with E-state index in [1.54, 1.807) is 18.2 Å². The molecule has 2 aromatic rings. The Kier molecular flexibility index (Phi) is 3.11. The Bertz CT molecular complexity index is 793. The number of benzene rings is 2. The van der Waals surface area contributed by atoms with Gasteiger partial charge in [-0.1, -0.05) is 17.7 Å². The SMILES string of the molecule is Cc1cc2c(cc1Cl)C(=O)/C(=C/c1ccc(O)c(O)c1)O2. The molecule has 0 aliphatic carbocycles. The first-order chi connectivity index (χ1) is 9.95. The van der Waals surface area contributed by atoms with Gasteiger partial charge < -0.3 is 14.9 Å². The number of hydrogen-bond acceptors (Lipinski definition) is 4. The summed E-state index contributed by atoms with van der Waals surface area (Å²) in [5, 5.41) is 19.2. The van der Waals surface area contributed by atoms with Gasteiger partial charge in [-0.05, 0) is 48.4 Å². The Morgan fingerprint density at radius 3 is 2.62 bits per heavy atom. The lowest BCUT2D eigenvalue weighted by molar-refractivity contribution is 0.101. The van der Waals surface area contributed by atoms with E-state index in [4.69, 9.17) is 16.3 Å². The van der Waals surface area contributed by atoms with Gasteiger partial charge in [0.25, 0.3) is 0 Å². The average molecular weight is 303 g/mol. The molecule has 0 aromatic heterocycles. The number of carbonyl (C=O) groups excluding carboxylic acids is 1. The van der Waals surface area contributed by atoms with Crippen LogP contribution < -0.4 is 4.74 Å². The topological polar surface area (TPSA) is 66.8 Å². The number of allylic oxidation sites excluding steroid dienone is 1. The molecule has 0 unspecified atom stereocenters. The molecule has 0 saturated heterocycles. The Hall–Kier alpha value is -2.46. The zero-order chi connectivity index (χ0) is 15.1. The molecule has 1 aliphatic rings. The van der Waals surface area contributed by atoms with Crippen molar-refractivity contribution in [2.75, 3.05) is 0 Å². The van der Waals surface area contributed by atoms with Gasteiger partial charge in [0, 0.05) is 5.02 Å². The van der Waals surface area contributed by atoms with Crippen molar-refractivity contribution >= 4 is 23.5 Å². The van der Waals surface area contributed by atoms with Crippen molar-refractivity contribution in [2.45, 2.75) is 6.92 Å². The van der Waals surface area contributed by atoms with Crippen LogP contribution in [0.25, 0.3) is 6.08 Å². The van der Waals surface area contributed by atoms with Gasteiger partial charge in [-0.2, -0.15) is 0 Å². The zero-order valence-electron chi connectivity index (χ0n) is 11.1. The summed E-state index contributed by atoms with van der Waals surface area (Å²) in [5.74, 6) is -0.125. The van der Waals surface area contributed by atoms with Crippen molar-refractivity contribution in [3.8, 4) is 17.2 Å². The van der Waals surface area contributed by atoms with Crippen molar-refractivity contribution in [3.63, 3.8) is 0 Å². The van der Waals surface area contributed by atoms with E-state index < -0.39 is 0 Å². The van der Waals surface area contributed by atoms with Crippen LogP contribution in [0.2, 0.25) is 5.02 Å². The van der Waals surface area contributed by atoms with Crippen molar-refractivity contribution in [1.82, 2.24) is 0 Å². The minimum atomic E-state index is -0.264. The highest BCUT2D eigenvalue weighted by Gasteiger charge is 2.28. The van der Waals surface area contributed by atoms with E-state index in [2.05, 4.69) is 0 Å². The van der Waals surface area contributed by atoms with Crippen LogP contribution in [-0.2, 0) is 0 Å². The first kappa shape index (κ1) is 13.5. The zero-order valence-corrected chi connectivity index (χ0v) is 11.8. The van der Waals surface area contributed by atoms with Crippen LogP contribution in [0.15, 0.2) is 36.1 Å². The number of hydrogen-bond donors (Lipinski definition) is 2. The Balaban J connectivity index is 2.00. The van der Waals surface area contributed by atoms with Crippen LogP contribution in [0.5, 0.6) is 17.2 Å². The lowest BCUT2D eigenvalue weighted by atomic mass is 10.1. The number of carbonyl (C=O) groups is 1. The van der Waals surface area contributed by atoms with Gasteiger partial charge >= 0.3 is 0 Å². The minimum Gasteiger partial charge on any atom is -0.504 e. The number of aromatic hydroxyl groups is 2. The predicted octanol–water partition coefficient (Wildman–Crippen LogP) is 3.68. The smallest absolute Gasteiger partial charge is 0.232 e. The third kappa shape index (κ3) is 2.34. The van der Waals surface area contributed by atoms with Crippen LogP contribution in [0.1, 0.15) is 21.5 Å². The molecule has 0 atom stereocenters. The highest BCUT2D eigenvalue weighted by molar-refractivity contribution is 6.32. The summed E-state index contributed by atoms with van der Waals surface area (Å²) in [4.78, 5) is 12.3. The molecule has 106 valence electrons. The van der Waals surface area contributed by atoms with Crippen molar-refractivity contribution in [1.29, 1.82) is 0 Å². The third-order valence-corrected chi connectivity index (χ3v) is 3.65. The fourth-order valence-electron chi connectivity index (χ4n) is 2.09. The van der Waals surface area contributed by atoms with E-state index in [0.717, 1.165) is 5.56 Å². The molecule has 0 bridgehead atoms. The van der Waals surface area contributed by atoms with E-state index in [9.17, 15) is 15.0 Å². The predicted molar refractivity (Wildman–Crippen MR) is 78.9 cm³/mol. The standard InChI is InChI=1S/C16H11ClO4/c1-8-4-14-10(7-11(8)17)16(20)15(21-14)6-9-2-3-12(18)13(19)5-9/h2-7,18-19H,1H3/b15-6-. The van der Waals surface area contributed by atoms with E-state index in [0.29, 0.717) is 21.9 Å². The second-order valence-corrected chi connectivity index (χ2v) is 5.19. The maximum absolute atomic E-state index is 12.3. The normalized spacial score (nSPS) is 15.1. The molecule has 0 amide bonds. The van der Waals surface area contributed by atoms with Crippen LogP contribution in [0, 0.1) is 6.92 Å². The number of phenolic OH excluding ortho intramolecular Hbond substituents is 2. The van der Waals surface area contributed by atoms with E-state index in [1.807, 2.05) is 6.92 Å². The summed E-state index contributed by atoms with van der Waals surface area (Å²) in [5.41, 5.74) is 1.79. The summed E-state index contributed by atoms with van der Waals surface area (Å²) in [6.07, 6.45) is 1.50. The molecule has 0 radical (unpaired) electrons. The number of ether oxygens (including phenoxy) is 1. The van der Waals surface area contributed by atoms with E-state index in [-0.39, 0.29) is 23.0 Å². The van der Waals surface area contributed by atoms with Gasteiger partial charge in [0.1, 0.15) is 5.75 Å². The van der Waals surface area contributed by atoms with Crippen LogP contribution in [0.3, 0.4) is 0 Å². The van der Waals surface area contributed by atoms with Crippen LogP contribution in [0.4, 0.5) is 0 Å². The molecular weight excluding hydrogens is 292 g/mol. The van der Waals surface area contributed by atoms with E-state index in [1.165, 1.54) is 18.2 Å². The number of fused-ring (bicyclic) bond motifs is 1. The Labute approximate surface area is 125 Å². The number of Topliss-reactive ketones (excluding diaryl/α,β-unsaturated/α-hetero) is 1. The summed E-state index contributed by atoms with van der Waals surface area (Å²) in [6.45, 7) is 1.83. The first-order valence-electron chi connectivity index (χ1n) is 6.22. The molecular formula is C16H11ClO4. The largest absolute Gasteiger partial charge is 0.504 e. The molecule has 3 rings (SSSR count). The third-order valence-electron chi connectivity index (χ3n) is 3.25. The minimum absolute atomic E-state index is 0.150. The first-order valence-corrected chi connectivity index (χ1v) is 6.60. The number of ketones is 1.